The van der Waals surface area contributed by atoms with Crippen LogP contribution in [0.4, 0.5) is 0 Å². The van der Waals surface area contributed by atoms with Gasteiger partial charge in [0.05, 0.1) is 5.60 Å². The lowest BCUT2D eigenvalue weighted by molar-refractivity contribution is -0.194. The predicted octanol–water partition coefficient (Wildman–Crippen LogP) is 2.27. The van der Waals surface area contributed by atoms with E-state index in [1.54, 1.807) is 26.0 Å². The topological polar surface area (TPSA) is 77.8 Å². The summed E-state index contributed by atoms with van der Waals surface area (Å²) in [5, 5.41) is 30.1. The maximum absolute atomic E-state index is 10.9. The highest BCUT2D eigenvalue weighted by Crippen LogP contribution is 2.50. The molecule has 1 aliphatic rings. The van der Waals surface area contributed by atoms with Crippen molar-refractivity contribution in [2.45, 2.75) is 58.2 Å². The monoisotopic (exact) mass is 268 g/mol. The van der Waals surface area contributed by atoms with E-state index in [0.717, 1.165) is 18.9 Å². The van der Waals surface area contributed by atoms with E-state index in [0.29, 0.717) is 12.0 Å². The quantitative estimate of drug-likeness (QED) is 0.542. The van der Waals surface area contributed by atoms with E-state index < -0.39 is 22.6 Å². The number of aliphatic carboxylic acids is 1. The van der Waals surface area contributed by atoms with Crippen LogP contribution in [0.3, 0.4) is 0 Å². The Hall–Kier alpha value is -1.13. The van der Waals surface area contributed by atoms with Gasteiger partial charge in [0.1, 0.15) is 5.60 Å². The number of allylic oxidation sites excluding steroid dienone is 2. The molecule has 0 saturated heterocycles. The predicted molar refractivity (Wildman–Crippen MR) is 73.7 cm³/mol. The van der Waals surface area contributed by atoms with Crippen LogP contribution in [-0.2, 0) is 4.79 Å². The third-order valence-corrected chi connectivity index (χ3v) is 4.26. The van der Waals surface area contributed by atoms with Crippen molar-refractivity contribution in [3.05, 3.63) is 23.8 Å². The molecule has 0 radical (unpaired) electrons. The fourth-order valence-corrected chi connectivity index (χ4v) is 2.88. The second kappa shape index (κ2) is 5.10. The van der Waals surface area contributed by atoms with Gasteiger partial charge in [-0.05, 0) is 50.2 Å². The molecule has 0 bridgehead atoms. The van der Waals surface area contributed by atoms with Crippen molar-refractivity contribution in [1.82, 2.24) is 0 Å². The molecular formula is C15H24O4. The lowest BCUT2D eigenvalue weighted by Crippen LogP contribution is -2.62. The Kier molecular flexibility index (Phi) is 4.27. The molecule has 108 valence electrons. The van der Waals surface area contributed by atoms with Crippen molar-refractivity contribution in [2.75, 3.05) is 0 Å². The van der Waals surface area contributed by atoms with Crippen molar-refractivity contribution < 1.29 is 20.1 Å². The lowest BCUT2D eigenvalue weighted by atomic mass is 9.58. The second-order valence-corrected chi connectivity index (χ2v) is 6.34. The van der Waals surface area contributed by atoms with E-state index in [1.807, 2.05) is 13.8 Å². The van der Waals surface area contributed by atoms with Crippen LogP contribution in [0.25, 0.3) is 0 Å². The smallest absolute Gasteiger partial charge is 0.328 e. The SMILES string of the molecule is CC(=C/C(=O)O)/C=C/[C@@]1(O)C(C)(C)CCC[C@@]1(C)O. The zero-order valence-corrected chi connectivity index (χ0v) is 12.1. The zero-order chi connectivity index (χ0) is 14.9. The summed E-state index contributed by atoms with van der Waals surface area (Å²) in [4.78, 5) is 10.6. The number of aliphatic hydroxyl groups is 2. The largest absolute Gasteiger partial charge is 0.478 e. The van der Waals surface area contributed by atoms with Gasteiger partial charge in [0, 0.05) is 6.08 Å². The normalized spacial score (nSPS) is 35.6. The minimum absolute atomic E-state index is 0.464. The van der Waals surface area contributed by atoms with Gasteiger partial charge in [-0.3, -0.25) is 0 Å². The molecule has 0 aromatic heterocycles. The molecule has 4 heteroatoms. The van der Waals surface area contributed by atoms with Crippen molar-refractivity contribution in [2.24, 2.45) is 5.41 Å². The summed E-state index contributed by atoms with van der Waals surface area (Å²) in [6.45, 7) is 7.12. The van der Waals surface area contributed by atoms with Gasteiger partial charge in [0.15, 0.2) is 0 Å². The first-order chi connectivity index (χ1) is 8.52. The molecule has 0 aromatic carbocycles. The van der Waals surface area contributed by atoms with E-state index >= 15 is 0 Å². The fourth-order valence-electron chi connectivity index (χ4n) is 2.88. The average Bonchev–Trinajstić information content (AvgIpc) is 2.22. The molecule has 1 rings (SSSR count). The minimum Gasteiger partial charge on any atom is -0.478 e. The molecule has 19 heavy (non-hydrogen) atoms. The van der Waals surface area contributed by atoms with Crippen LogP contribution in [0.2, 0.25) is 0 Å². The van der Waals surface area contributed by atoms with Crippen molar-refractivity contribution in [3.63, 3.8) is 0 Å². The van der Waals surface area contributed by atoms with Crippen LogP contribution >= 0.6 is 0 Å². The zero-order valence-electron chi connectivity index (χ0n) is 12.1. The summed E-state index contributed by atoms with van der Waals surface area (Å²) in [6.07, 6.45) is 6.38. The Balaban J connectivity index is 3.11. The van der Waals surface area contributed by atoms with Gasteiger partial charge in [0.25, 0.3) is 0 Å². The summed E-state index contributed by atoms with van der Waals surface area (Å²) in [5.74, 6) is -1.02. The molecule has 2 atom stereocenters. The Morgan fingerprint density at radius 3 is 2.21 bits per heavy atom. The van der Waals surface area contributed by atoms with Gasteiger partial charge >= 0.3 is 5.97 Å². The Bertz CT molecular complexity index is 400. The second-order valence-electron chi connectivity index (χ2n) is 6.34. The van der Waals surface area contributed by atoms with Crippen LogP contribution in [0.15, 0.2) is 23.8 Å². The summed E-state index contributed by atoms with van der Waals surface area (Å²) >= 11 is 0. The molecule has 0 unspecified atom stereocenters. The summed E-state index contributed by atoms with van der Waals surface area (Å²) in [7, 11) is 0. The molecule has 3 N–H and O–H groups in total. The van der Waals surface area contributed by atoms with Gasteiger partial charge in [-0.15, -0.1) is 0 Å². The molecule has 0 aliphatic heterocycles. The first kappa shape index (κ1) is 15.9. The number of hydrogen-bond donors (Lipinski definition) is 3. The van der Waals surface area contributed by atoms with E-state index in [9.17, 15) is 15.0 Å². The maximum Gasteiger partial charge on any atom is 0.328 e. The summed E-state index contributed by atoms with van der Waals surface area (Å²) in [5.41, 5.74) is -2.52. The highest BCUT2D eigenvalue weighted by Gasteiger charge is 2.56. The van der Waals surface area contributed by atoms with Gasteiger partial charge in [0.2, 0.25) is 0 Å². The first-order valence-electron chi connectivity index (χ1n) is 6.57. The molecule has 1 saturated carbocycles. The highest BCUT2D eigenvalue weighted by molar-refractivity contribution is 5.81. The van der Waals surface area contributed by atoms with Gasteiger partial charge < -0.3 is 15.3 Å². The van der Waals surface area contributed by atoms with Crippen LogP contribution in [0.5, 0.6) is 0 Å². The third kappa shape index (κ3) is 3.07. The number of rotatable bonds is 3. The molecule has 0 amide bonds. The Morgan fingerprint density at radius 1 is 1.16 bits per heavy atom. The molecule has 0 spiro atoms. The minimum atomic E-state index is -1.37. The van der Waals surface area contributed by atoms with Crippen LogP contribution in [0.1, 0.15) is 47.0 Å². The van der Waals surface area contributed by atoms with Crippen molar-refractivity contribution >= 4 is 5.97 Å². The van der Waals surface area contributed by atoms with Crippen LogP contribution < -0.4 is 0 Å². The van der Waals surface area contributed by atoms with Crippen LogP contribution in [-0.4, -0.2) is 32.5 Å². The van der Waals surface area contributed by atoms with Crippen molar-refractivity contribution in [1.29, 1.82) is 0 Å². The molecule has 1 aliphatic carbocycles. The van der Waals surface area contributed by atoms with E-state index in [1.165, 1.54) is 0 Å². The van der Waals surface area contributed by atoms with Gasteiger partial charge in [-0.1, -0.05) is 19.9 Å². The first-order valence-corrected chi connectivity index (χ1v) is 6.57. The van der Waals surface area contributed by atoms with Crippen LogP contribution in [0, 0.1) is 5.41 Å². The number of carboxylic acids is 1. The Morgan fingerprint density at radius 2 is 1.74 bits per heavy atom. The standard InChI is InChI=1S/C15H24O4/c1-11(10-12(16)17)6-9-15(19)13(2,3)7-5-8-14(15,4)18/h6,9-10,18-19H,5,7-8H2,1-4H3,(H,16,17)/b9-6+,11-10-/t14-,15-/m1/s1. The van der Waals surface area contributed by atoms with E-state index in [4.69, 9.17) is 5.11 Å². The Labute approximate surface area is 114 Å². The van der Waals surface area contributed by atoms with Gasteiger partial charge in [-0.2, -0.15) is 0 Å². The van der Waals surface area contributed by atoms with Gasteiger partial charge in [-0.25, -0.2) is 4.79 Å². The molecule has 1 fully saturated rings. The molecular weight excluding hydrogens is 244 g/mol. The maximum atomic E-state index is 10.9. The molecule has 4 nitrogen and oxygen atoms in total. The lowest BCUT2D eigenvalue weighted by Gasteiger charge is -2.53. The van der Waals surface area contributed by atoms with E-state index in [2.05, 4.69) is 0 Å². The number of hydrogen-bond acceptors (Lipinski definition) is 3. The average molecular weight is 268 g/mol. The number of carbonyl (C=O) groups is 1. The van der Waals surface area contributed by atoms with E-state index in [-0.39, 0.29) is 0 Å². The highest BCUT2D eigenvalue weighted by atomic mass is 16.4. The van der Waals surface area contributed by atoms with Crippen molar-refractivity contribution in [3.8, 4) is 0 Å². The fraction of sp³-hybridized carbons (Fsp3) is 0.667. The molecule has 0 aromatic rings. The summed E-state index contributed by atoms with van der Waals surface area (Å²) in [6, 6.07) is 0. The third-order valence-electron chi connectivity index (χ3n) is 4.26. The molecule has 0 heterocycles. The number of carboxylic acid groups (broad SMARTS) is 1. The summed E-state index contributed by atoms with van der Waals surface area (Å²) < 4.78 is 0.